The highest BCUT2D eigenvalue weighted by atomic mass is 16.6. The molecule has 0 radical (unpaired) electrons. The van der Waals surface area contributed by atoms with E-state index in [1.54, 1.807) is 0 Å². The van der Waals surface area contributed by atoms with Crippen molar-refractivity contribution in [2.45, 2.75) is 225 Å². The van der Waals surface area contributed by atoms with Crippen LogP contribution in [0.25, 0.3) is 0 Å². The number of hydrogen-bond donors (Lipinski definition) is 1. The molecule has 0 aliphatic carbocycles. The van der Waals surface area contributed by atoms with Crippen molar-refractivity contribution in [1.82, 2.24) is 0 Å². The van der Waals surface area contributed by atoms with Crippen molar-refractivity contribution in [2.75, 3.05) is 19.8 Å². The first-order chi connectivity index (χ1) is 25.2. The average Bonchev–Trinajstić information content (AvgIpc) is 3.14. The van der Waals surface area contributed by atoms with Crippen LogP contribution in [-0.2, 0) is 14.3 Å². The zero-order valence-corrected chi connectivity index (χ0v) is 34.1. The molecule has 0 saturated carbocycles. The molecule has 298 valence electrons. The number of aliphatic hydroxyl groups excluding tert-OH is 1. The van der Waals surface area contributed by atoms with Crippen LogP contribution < -0.4 is 0 Å². The predicted octanol–water partition coefficient (Wildman–Crippen LogP) is 14.7. The van der Waals surface area contributed by atoms with Gasteiger partial charge in [0, 0.05) is 13.0 Å². The van der Waals surface area contributed by atoms with Crippen LogP contribution >= 0.6 is 0 Å². The van der Waals surface area contributed by atoms with Gasteiger partial charge < -0.3 is 14.6 Å². The van der Waals surface area contributed by atoms with Gasteiger partial charge >= 0.3 is 5.97 Å². The molecule has 4 heteroatoms. The van der Waals surface area contributed by atoms with Crippen molar-refractivity contribution in [2.24, 2.45) is 0 Å². The lowest BCUT2D eigenvalue weighted by Gasteiger charge is -2.15. The number of ether oxygens (including phenoxy) is 2. The van der Waals surface area contributed by atoms with E-state index in [0.29, 0.717) is 13.0 Å². The molecular weight excluding hydrogens is 629 g/mol. The van der Waals surface area contributed by atoms with E-state index in [-0.39, 0.29) is 19.2 Å². The number of rotatable bonds is 41. The van der Waals surface area contributed by atoms with E-state index in [0.717, 1.165) is 44.9 Å². The van der Waals surface area contributed by atoms with Gasteiger partial charge in [-0.15, -0.1) is 0 Å². The standard InChI is InChI=1S/C47H86O4/c1-3-5-7-9-11-13-15-17-19-20-21-22-23-24-25-26-27-29-31-33-35-37-39-41-43-50-45-46(44-48)51-47(49)42-40-38-36-34-32-30-28-18-16-14-12-10-8-6-4-2/h12,14-15,17-18,20-21,28,46,48H,3-11,13,16,19,22-27,29-45H2,1-2H3/b14-12-,17-15-,21-20-,28-18-. The fourth-order valence-electron chi connectivity index (χ4n) is 6.27. The van der Waals surface area contributed by atoms with E-state index in [1.807, 2.05) is 0 Å². The summed E-state index contributed by atoms with van der Waals surface area (Å²) >= 11 is 0. The number of carbonyl (C=O) groups excluding carboxylic acids is 1. The highest BCUT2D eigenvalue weighted by Crippen LogP contribution is 2.14. The predicted molar refractivity (Wildman–Crippen MR) is 223 cm³/mol. The maximum Gasteiger partial charge on any atom is 0.306 e. The Kier molecular flexibility index (Phi) is 43.1. The van der Waals surface area contributed by atoms with Gasteiger partial charge in [0.05, 0.1) is 13.2 Å². The van der Waals surface area contributed by atoms with E-state index in [1.165, 1.54) is 154 Å². The molecule has 1 N–H and O–H groups in total. The van der Waals surface area contributed by atoms with E-state index in [4.69, 9.17) is 9.47 Å². The highest BCUT2D eigenvalue weighted by Gasteiger charge is 2.13. The number of hydrogen-bond acceptors (Lipinski definition) is 4. The number of allylic oxidation sites excluding steroid dienone is 8. The topological polar surface area (TPSA) is 55.8 Å². The molecule has 0 aliphatic rings. The van der Waals surface area contributed by atoms with Crippen molar-refractivity contribution in [1.29, 1.82) is 0 Å². The minimum Gasteiger partial charge on any atom is -0.457 e. The summed E-state index contributed by atoms with van der Waals surface area (Å²) in [4.78, 5) is 12.2. The molecule has 0 aromatic rings. The third kappa shape index (κ3) is 42.7. The zero-order chi connectivity index (χ0) is 37.0. The van der Waals surface area contributed by atoms with E-state index in [9.17, 15) is 9.90 Å². The van der Waals surface area contributed by atoms with Gasteiger partial charge in [-0.25, -0.2) is 0 Å². The molecule has 1 atom stereocenters. The zero-order valence-electron chi connectivity index (χ0n) is 34.1. The van der Waals surface area contributed by atoms with Crippen molar-refractivity contribution < 1.29 is 19.4 Å². The van der Waals surface area contributed by atoms with Crippen LogP contribution in [0.4, 0.5) is 0 Å². The molecule has 0 amide bonds. The molecular formula is C47H86O4. The third-order valence-electron chi connectivity index (χ3n) is 9.63. The average molecular weight is 715 g/mol. The summed E-state index contributed by atoms with van der Waals surface area (Å²) in [7, 11) is 0. The molecule has 4 nitrogen and oxygen atoms in total. The van der Waals surface area contributed by atoms with E-state index >= 15 is 0 Å². The second kappa shape index (κ2) is 44.5. The lowest BCUT2D eigenvalue weighted by Crippen LogP contribution is -2.27. The van der Waals surface area contributed by atoms with Gasteiger partial charge in [0.25, 0.3) is 0 Å². The van der Waals surface area contributed by atoms with Gasteiger partial charge in [0.1, 0.15) is 6.10 Å². The molecule has 0 saturated heterocycles. The lowest BCUT2D eigenvalue weighted by molar-refractivity contribution is -0.154. The van der Waals surface area contributed by atoms with Crippen molar-refractivity contribution in [3.05, 3.63) is 48.6 Å². The minimum absolute atomic E-state index is 0.178. The molecule has 0 aromatic carbocycles. The van der Waals surface area contributed by atoms with E-state index in [2.05, 4.69) is 62.5 Å². The normalized spacial score (nSPS) is 12.8. The molecule has 0 aromatic heterocycles. The van der Waals surface area contributed by atoms with Crippen molar-refractivity contribution in [3.8, 4) is 0 Å². The van der Waals surface area contributed by atoms with Crippen LogP contribution in [0.3, 0.4) is 0 Å². The van der Waals surface area contributed by atoms with Crippen LogP contribution in [0.15, 0.2) is 48.6 Å². The Morgan fingerprint density at radius 3 is 1.25 bits per heavy atom. The smallest absolute Gasteiger partial charge is 0.306 e. The first-order valence-corrected chi connectivity index (χ1v) is 22.2. The highest BCUT2D eigenvalue weighted by molar-refractivity contribution is 5.69. The maximum absolute atomic E-state index is 12.2. The first kappa shape index (κ1) is 49.4. The maximum atomic E-state index is 12.2. The second-order valence-electron chi connectivity index (χ2n) is 14.8. The van der Waals surface area contributed by atoms with Gasteiger partial charge in [-0.05, 0) is 77.0 Å². The minimum atomic E-state index is -0.542. The molecule has 0 rings (SSSR count). The number of unbranched alkanes of at least 4 members (excludes halogenated alkanes) is 25. The first-order valence-electron chi connectivity index (χ1n) is 22.2. The van der Waals surface area contributed by atoms with Crippen LogP contribution in [0.2, 0.25) is 0 Å². The summed E-state index contributed by atoms with van der Waals surface area (Å²) in [5.74, 6) is -0.214. The Bertz CT molecular complexity index is 798. The van der Waals surface area contributed by atoms with Crippen molar-refractivity contribution >= 4 is 5.97 Å². The largest absolute Gasteiger partial charge is 0.457 e. The Morgan fingerprint density at radius 2 is 0.824 bits per heavy atom. The summed E-state index contributed by atoms with van der Waals surface area (Å²) in [5.41, 5.74) is 0. The molecule has 0 fully saturated rings. The molecule has 0 spiro atoms. The van der Waals surface area contributed by atoms with E-state index < -0.39 is 6.10 Å². The number of aliphatic hydroxyl groups is 1. The SMILES string of the molecule is CCCCC/C=C\C/C=C\CCCCCCCC(=O)OC(CO)COCCCCCCCCCCCCCC/C=C\C/C=C\CCCCCCC. The van der Waals surface area contributed by atoms with Crippen LogP contribution in [0.1, 0.15) is 219 Å². The Balaban J connectivity index is 3.42. The Labute approximate surface area is 318 Å². The molecule has 0 bridgehead atoms. The summed E-state index contributed by atoms with van der Waals surface area (Å²) in [6.45, 7) is 5.30. The molecule has 0 aliphatic heterocycles. The summed E-state index contributed by atoms with van der Waals surface area (Å²) in [6, 6.07) is 0. The van der Waals surface area contributed by atoms with Crippen LogP contribution in [0, 0.1) is 0 Å². The molecule has 1 unspecified atom stereocenters. The van der Waals surface area contributed by atoms with Gasteiger partial charge in [0.2, 0.25) is 0 Å². The Morgan fingerprint density at radius 1 is 0.471 bits per heavy atom. The van der Waals surface area contributed by atoms with Gasteiger partial charge in [0.15, 0.2) is 0 Å². The Hall–Kier alpha value is -1.65. The molecule has 0 heterocycles. The molecule has 51 heavy (non-hydrogen) atoms. The lowest BCUT2D eigenvalue weighted by atomic mass is 10.0. The fourth-order valence-corrected chi connectivity index (χ4v) is 6.27. The second-order valence-corrected chi connectivity index (χ2v) is 14.8. The third-order valence-corrected chi connectivity index (χ3v) is 9.63. The summed E-state index contributed by atoms with van der Waals surface area (Å²) in [5, 5.41) is 9.60. The van der Waals surface area contributed by atoms with Crippen LogP contribution in [0.5, 0.6) is 0 Å². The number of carbonyl (C=O) groups is 1. The van der Waals surface area contributed by atoms with Crippen molar-refractivity contribution in [3.63, 3.8) is 0 Å². The van der Waals surface area contributed by atoms with Gasteiger partial charge in [-0.2, -0.15) is 0 Å². The summed E-state index contributed by atoms with van der Waals surface area (Å²) < 4.78 is 11.2. The van der Waals surface area contributed by atoms with Crippen LogP contribution in [-0.4, -0.2) is 37.0 Å². The fraction of sp³-hybridized carbons (Fsp3) is 0.809. The van der Waals surface area contributed by atoms with Gasteiger partial charge in [-0.1, -0.05) is 184 Å². The number of esters is 1. The monoisotopic (exact) mass is 715 g/mol. The van der Waals surface area contributed by atoms with Gasteiger partial charge in [-0.3, -0.25) is 4.79 Å². The quantitative estimate of drug-likeness (QED) is 0.0389. The summed E-state index contributed by atoms with van der Waals surface area (Å²) in [6.07, 6.45) is 57.5.